The lowest BCUT2D eigenvalue weighted by Gasteiger charge is -2.26. The van der Waals surface area contributed by atoms with E-state index >= 15 is 0 Å². The van der Waals surface area contributed by atoms with Gasteiger partial charge in [0.2, 0.25) is 0 Å². The average Bonchev–Trinajstić information content (AvgIpc) is 2.62. The van der Waals surface area contributed by atoms with E-state index in [1.165, 1.54) is 6.33 Å². The van der Waals surface area contributed by atoms with Gasteiger partial charge in [-0.3, -0.25) is 0 Å². The molecule has 7 heteroatoms. The Hall–Kier alpha value is -1.11. The second kappa shape index (κ2) is 4.64. The first-order valence-electron chi connectivity index (χ1n) is 5.37. The van der Waals surface area contributed by atoms with Crippen LogP contribution in [0.5, 0.6) is 0 Å². The number of halogens is 1. The number of anilines is 2. The van der Waals surface area contributed by atoms with E-state index in [9.17, 15) is 5.11 Å². The van der Waals surface area contributed by atoms with E-state index in [0.717, 1.165) is 0 Å². The van der Waals surface area contributed by atoms with Gasteiger partial charge in [-0.05, 0) is 6.92 Å². The Morgan fingerprint density at radius 1 is 1.71 bits per heavy atom. The molecule has 17 heavy (non-hydrogen) atoms. The van der Waals surface area contributed by atoms with Crippen molar-refractivity contribution in [2.45, 2.75) is 25.0 Å². The Bertz CT molecular complexity index is 417. The van der Waals surface area contributed by atoms with Crippen molar-refractivity contribution in [1.29, 1.82) is 0 Å². The lowest BCUT2D eigenvalue weighted by molar-refractivity contribution is -0.0176. The van der Waals surface area contributed by atoms with Gasteiger partial charge >= 0.3 is 0 Å². The summed E-state index contributed by atoms with van der Waals surface area (Å²) in [6.07, 6.45) is 1.69. The van der Waals surface area contributed by atoms with Crippen molar-refractivity contribution in [3.8, 4) is 0 Å². The molecule has 94 valence electrons. The molecule has 1 aliphatic heterocycles. The van der Waals surface area contributed by atoms with Crippen LogP contribution in [0.3, 0.4) is 0 Å². The zero-order chi connectivity index (χ0) is 12.5. The molecule has 2 atom stereocenters. The van der Waals surface area contributed by atoms with Crippen molar-refractivity contribution >= 4 is 23.1 Å². The highest BCUT2D eigenvalue weighted by Crippen LogP contribution is 2.27. The molecule has 1 saturated heterocycles. The smallest absolute Gasteiger partial charge is 0.157 e. The van der Waals surface area contributed by atoms with E-state index in [2.05, 4.69) is 15.3 Å². The SMILES string of the molecule is CC1OCCC1(O)CNc1ncnc(Cl)c1N. The van der Waals surface area contributed by atoms with Crippen molar-refractivity contribution in [3.05, 3.63) is 11.5 Å². The van der Waals surface area contributed by atoms with Crippen LogP contribution in [0.25, 0.3) is 0 Å². The quantitative estimate of drug-likeness (QED) is 0.690. The zero-order valence-corrected chi connectivity index (χ0v) is 10.2. The third-order valence-electron chi connectivity index (χ3n) is 3.06. The topological polar surface area (TPSA) is 93.3 Å². The van der Waals surface area contributed by atoms with Gasteiger partial charge in [0.1, 0.15) is 17.6 Å². The fourth-order valence-corrected chi connectivity index (χ4v) is 1.89. The molecule has 0 aromatic carbocycles. The van der Waals surface area contributed by atoms with E-state index < -0.39 is 5.60 Å². The van der Waals surface area contributed by atoms with Gasteiger partial charge in [-0.15, -0.1) is 0 Å². The summed E-state index contributed by atoms with van der Waals surface area (Å²) < 4.78 is 5.33. The molecule has 0 amide bonds. The Morgan fingerprint density at radius 2 is 2.47 bits per heavy atom. The highest BCUT2D eigenvalue weighted by atomic mass is 35.5. The molecule has 2 heterocycles. The highest BCUT2D eigenvalue weighted by Gasteiger charge is 2.39. The summed E-state index contributed by atoms with van der Waals surface area (Å²) in [6, 6.07) is 0. The molecular weight excluding hydrogens is 244 g/mol. The summed E-state index contributed by atoms with van der Waals surface area (Å²) in [7, 11) is 0. The minimum Gasteiger partial charge on any atom is -0.393 e. The molecule has 0 aliphatic carbocycles. The van der Waals surface area contributed by atoms with Gasteiger partial charge in [-0.2, -0.15) is 0 Å². The molecule has 1 fully saturated rings. The Balaban J connectivity index is 2.05. The van der Waals surface area contributed by atoms with Crippen LogP contribution in [-0.2, 0) is 4.74 Å². The number of hydrogen-bond acceptors (Lipinski definition) is 6. The first-order chi connectivity index (χ1) is 8.03. The van der Waals surface area contributed by atoms with Crippen LogP contribution < -0.4 is 11.1 Å². The van der Waals surface area contributed by atoms with Crippen LogP contribution in [0.15, 0.2) is 6.33 Å². The largest absolute Gasteiger partial charge is 0.393 e. The van der Waals surface area contributed by atoms with Crippen molar-refractivity contribution in [2.75, 3.05) is 24.2 Å². The summed E-state index contributed by atoms with van der Waals surface area (Å²) >= 11 is 5.77. The summed E-state index contributed by atoms with van der Waals surface area (Å²) in [6.45, 7) is 2.70. The predicted octanol–water partition coefficient (Wildman–Crippen LogP) is 0.664. The summed E-state index contributed by atoms with van der Waals surface area (Å²) in [5.41, 5.74) is 5.10. The number of rotatable bonds is 3. The standard InChI is InChI=1S/C10H15ClN4O2/c1-6-10(16,2-3-17-6)4-13-9-7(12)8(11)14-5-15-9/h5-6,16H,2-4,12H2,1H3,(H,13,14,15). The third kappa shape index (κ3) is 2.43. The van der Waals surface area contributed by atoms with Gasteiger partial charge in [0.05, 0.1) is 6.10 Å². The number of ether oxygens (including phenoxy) is 1. The van der Waals surface area contributed by atoms with E-state index in [1.807, 2.05) is 6.92 Å². The number of aliphatic hydroxyl groups is 1. The van der Waals surface area contributed by atoms with Gasteiger partial charge in [0.25, 0.3) is 0 Å². The minimum atomic E-state index is -0.899. The van der Waals surface area contributed by atoms with E-state index in [0.29, 0.717) is 25.4 Å². The van der Waals surface area contributed by atoms with Crippen LogP contribution in [0.2, 0.25) is 5.15 Å². The lowest BCUT2D eigenvalue weighted by atomic mass is 9.97. The number of nitrogens with zero attached hydrogens (tertiary/aromatic N) is 2. The normalized spacial score (nSPS) is 28.3. The molecule has 1 aromatic heterocycles. The molecule has 1 aliphatic rings. The fourth-order valence-electron chi connectivity index (χ4n) is 1.75. The van der Waals surface area contributed by atoms with Crippen LogP contribution in [0.4, 0.5) is 11.5 Å². The van der Waals surface area contributed by atoms with Crippen LogP contribution in [0, 0.1) is 0 Å². The number of nitrogen functional groups attached to an aromatic ring is 1. The maximum Gasteiger partial charge on any atom is 0.157 e. The van der Waals surface area contributed by atoms with Crippen LogP contribution >= 0.6 is 11.6 Å². The van der Waals surface area contributed by atoms with Gasteiger partial charge in [-0.1, -0.05) is 11.6 Å². The van der Waals surface area contributed by atoms with Crippen molar-refractivity contribution < 1.29 is 9.84 Å². The van der Waals surface area contributed by atoms with Crippen LogP contribution in [0.1, 0.15) is 13.3 Å². The molecule has 0 saturated carbocycles. The first kappa shape index (κ1) is 12.3. The molecule has 0 bridgehead atoms. The van der Waals surface area contributed by atoms with Crippen molar-refractivity contribution in [2.24, 2.45) is 0 Å². The number of nitrogens with one attached hydrogen (secondary N) is 1. The molecule has 1 aromatic rings. The monoisotopic (exact) mass is 258 g/mol. The number of hydrogen-bond donors (Lipinski definition) is 3. The molecule has 0 spiro atoms. The summed E-state index contributed by atoms with van der Waals surface area (Å²) in [4.78, 5) is 7.73. The molecule has 2 unspecified atom stereocenters. The van der Waals surface area contributed by atoms with E-state index in [-0.39, 0.29) is 16.9 Å². The number of nitrogens with two attached hydrogens (primary N) is 1. The van der Waals surface area contributed by atoms with Crippen molar-refractivity contribution in [1.82, 2.24) is 9.97 Å². The number of aromatic nitrogens is 2. The first-order valence-corrected chi connectivity index (χ1v) is 5.74. The third-order valence-corrected chi connectivity index (χ3v) is 3.36. The molecule has 6 nitrogen and oxygen atoms in total. The zero-order valence-electron chi connectivity index (χ0n) is 9.48. The fraction of sp³-hybridized carbons (Fsp3) is 0.600. The highest BCUT2D eigenvalue weighted by molar-refractivity contribution is 6.32. The van der Waals surface area contributed by atoms with E-state index in [1.54, 1.807) is 0 Å². The lowest BCUT2D eigenvalue weighted by Crippen LogP contribution is -2.43. The van der Waals surface area contributed by atoms with Gasteiger partial charge in [0, 0.05) is 19.6 Å². The summed E-state index contributed by atoms with van der Waals surface area (Å²) in [5, 5.41) is 13.5. The minimum absolute atomic E-state index is 0.199. The van der Waals surface area contributed by atoms with E-state index in [4.69, 9.17) is 22.1 Å². The molecular formula is C10H15ClN4O2. The second-order valence-electron chi connectivity index (χ2n) is 4.15. The second-order valence-corrected chi connectivity index (χ2v) is 4.50. The molecule has 4 N–H and O–H groups in total. The van der Waals surface area contributed by atoms with Crippen molar-refractivity contribution in [3.63, 3.8) is 0 Å². The Kier molecular flexibility index (Phi) is 3.37. The van der Waals surface area contributed by atoms with Crippen LogP contribution in [-0.4, -0.2) is 39.9 Å². The molecule has 2 rings (SSSR count). The average molecular weight is 259 g/mol. The van der Waals surface area contributed by atoms with Gasteiger partial charge in [0.15, 0.2) is 11.0 Å². The predicted molar refractivity (Wildman–Crippen MR) is 64.9 cm³/mol. The maximum absolute atomic E-state index is 10.3. The maximum atomic E-state index is 10.3. The Morgan fingerprint density at radius 3 is 3.12 bits per heavy atom. The Labute approximate surface area is 104 Å². The summed E-state index contributed by atoms with van der Waals surface area (Å²) in [5.74, 6) is 0.428. The molecule has 0 radical (unpaired) electrons. The van der Waals surface area contributed by atoms with Gasteiger partial charge in [-0.25, -0.2) is 9.97 Å². The van der Waals surface area contributed by atoms with Gasteiger partial charge < -0.3 is 20.9 Å².